The van der Waals surface area contributed by atoms with Crippen molar-refractivity contribution in [2.24, 2.45) is 0 Å². The topological polar surface area (TPSA) is 54.9 Å². The van der Waals surface area contributed by atoms with Gasteiger partial charge in [-0.15, -0.1) is 10.2 Å². The Kier molecular flexibility index (Phi) is 6.07. The number of ketones is 1. The average Bonchev–Trinajstić information content (AvgIpc) is 3.06. The van der Waals surface area contributed by atoms with Crippen molar-refractivity contribution in [2.75, 3.05) is 11.9 Å². The molecule has 0 fully saturated rings. The summed E-state index contributed by atoms with van der Waals surface area (Å²) in [6.45, 7) is 2.26. The van der Waals surface area contributed by atoms with Gasteiger partial charge in [-0.2, -0.15) is 0 Å². The third kappa shape index (κ3) is 5.29. The Morgan fingerprint density at radius 3 is 2.76 bits per heavy atom. The molecule has 0 unspecified atom stereocenters. The summed E-state index contributed by atoms with van der Waals surface area (Å²) in [6.07, 6.45) is 0. The van der Waals surface area contributed by atoms with Crippen molar-refractivity contribution >= 4 is 45.6 Å². The second-order valence-corrected chi connectivity index (χ2v) is 8.07. The summed E-state index contributed by atoms with van der Waals surface area (Å²) in [5.41, 5.74) is 3.13. The molecule has 0 bridgehead atoms. The molecule has 3 aromatic rings. The highest BCUT2D eigenvalue weighted by Crippen LogP contribution is 2.28. The van der Waals surface area contributed by atoms with Crippen molar-refractivity contribution in [2.45, 2.75) is 17.0 Å². The summed E-state index contributed by atoms with van der Waals surface area (Å²) < 4.78 is 0.878. The molecule has 0 saturated carbocycles. The monoisotopic (exact) mass is 389 g/mol. The molecule has 1 N–H and O–H groups in total. The van der Waals surface area contributed by atoms with Gasteiger partial charge in [0.1, 0.15) is 0 Å². The van der Waals surface area contributed by atoms with E-state index in [9.17, 15) is 4.79 Å². The minimum Gasteiger partial charge on any atom is -0.353 e. The van der Waals surface area contributed by atoms with E-state index in [0.717, 1.165) is 10.1 Å². The first-order valence-electron chi connectivity index (χ1n) is 7.64. The molecule has 2 aromatic carbocycles. The zero-order valence-corrected chi connectivity index (χ0v) is 15.9. The molecule has 1 heterocycles. The molecular weight excluding hydrogens is 374 g/mol. The summed E-state index contributed by atoms with van der Waals surface area (Å²) in [7, 11) is 0. The molecule has 0 aliphatic rings. The number of aromatic nitrogens is 2. The van der Waals surface area contributed by atoms with E-state index in [4.69, 9.17) is 11.6 Å². The molecule has 3 rings (SSSR count). The number of carbonyl (C=O) groups excluding carboxylic acids is 1. The van der Waals surface area contributed by atoms with Crippen molar-refractivity contribution in [3.63, 3.8) is 0 Å². The Balaban J connectivity index is 1.51. The second-order valence-electron chi connectivity index (χ2n) is 5.43. The van der Waals surface area contributed by atoms with E-state index in [2.05, 4.69) is 46.7 Å². The molecular formula is C18H16ClN3OS2. The minimum absolute atomic E-state index is 0.0131. The lowest BCUT2D eigenvalue weighted by molar-refractivity contribution is 0.101. The zero-order chi connectivity index (χ0) is 17.6. The van der Waals surface area contributed by atoms with Gasteiger partial charge in [-0.05, 0) is 36.8 Å². The van der Waals surface area contributed by atoms with Crippen LogP contribution in [0.2, 0.25) is 5.02 Å². The molecule has 0 amide bonds. The van der Waals surface area contributed by atoms with Crippen LogP contribution in [0.25, 0.3) is 0 Å². The van der Waals surface area contributed by atoms with Gasteiger partial charge in [0.2, 0.25) is 5.13 Å². The normalized spacial score (nSPS) is 10.6. The number of thioether (sulfide) groups is 1. The van der Waals surface area contributed by atoms with Crippen LogP contribution >= 0.6 is 34.7 Å². The minimum atomic E-state index is -0.0131. The number of halogens is 1. The SMILES string of the molecule is Cc1cccc(CSc2nnc(NCC(=O)c3ccc(Cl)cc3)s2)c1. The van der Waals surface area contributed by atoms with Crippen molar-refractivity contribution in [3.8, 4) is 0 Å². The fourth-order valence-electron chi connectivity index (χ4n) is 2.18. The smallest absolute Gasteiger partial charge is 0.206 e. The molecule has 25 heavy (non-hydrogen) atoms. The van der Waals surface area contributed by atoms with Gasteiger partial charge in [0, 0.05) is 16.3 Å². The van der Waals surface area contributed by atoms with Crippen LogP contribution in [0.3, 0.4) is 0 Å². The first-order chi connectivity index (χ1) is 12.1. The highest BCUT2D eigenvalue weighted by atomic mass is 35.5. The number of hydrogen-bond donors (Lipinski definition) is 1. The number of Topliss-reactive ketones (excluding diaryl/α,β-unsaturated/α-hetero) is 1. The van der Waals surface area contributed by atoms with Crippen LogP contribution in [0.1, 0.15) is 21.5 Å². The Hall–Kier alpha value is -1.89. The molecule has 0 aliphatic heterocycles. The van der Waals surface area contributed by atoms with Gasteiger partial charge in [0.15, 0.2) is 10.1 Å². The van der Waals surface area contributed by atoms with Crippen LogP contribution in [-0.4, -0.2) is 22.5 Å². The van der Waals surface area contributed by atoms with Crippen molar-refractivity contribution in [3.05, 3.63) is 70.2 Å². The lowest BCUT2D eigenvalue weighted by atomic mass is 10.1. The Morgan fingerprint density at radius 2 is 2.00 bits per heavy atom. The Labute approximate surface area is 159 Å². The standard InChI is InChI=1S/C18H16ClN3OS2/c1-12-3-2-4-13(9-12)11-24-18-22-21-17(25-18)20-10-16(23)14-5-7-15(19)8-6-14/h2-9H,10-11H2,1H3,(H,20,21). The number of hydrogen-bond acceptors (Lipinski definition) is 6. The van der Waals surface area contributed by atoms with E-state index >= 15 is 0 Å². The van der Waals surface area contributed by atoms with Crippen LogP contribution in [0.5, 0.6) is 0 Å². The van der Waals surface area contributed by atoms with E-state index in [1.165, 1.54) is 22.5 Å². The maximum absolute atomic E-state index is 12.1. The lowest BCUT2D eigenvalue weighted by Gasteiger charge is -2.02. The molecule has 128 valence electrons. The van der Waals surface area contributed by atoms with E-state index in [1.807, 2.05) is 0 Å². The molecule has 0 saturated heterocycles. The van der Waals surface area contributed by atoms with Gasteiger partial charge < -0.3 is 5.32 Å². The molecule has 0 spiro atoms. The summed E-state index contributed by atoms with van der Waals surface area (Å²) in [5.74, 6) is 0.834. The predicted molar refractivity (Wildman–Crippen MR) is 105 cm³/mol. The Bertz CT molecular complexity index is 865. The van der Waals surface area contributed by atoms with E-state index in [1.54, 1.807) is 36.0 Å². The quantitative estimate of drug-likeness (QED) is 0.450. The van der Waals surface area contributed by atoms with Crippen LogP contribution in [-0.2, 0) is 5.75 Å². The molecule has 0 aliphatic carbocycles. The number of benzene rings is 2. The lowest BCUT2D eigenvalue weighted by Crippen LogP contribution is -2.13. The van der Waals surface area contributed by atoms with Gasteiger partial charge in [0.05, 0.1) is 6.54 Å². The number of aryl methyl sites for hydroxylation is 1. The molecule has 0 radical (unpaired) electrons. The highest BCUT2D eigenvalue weighted by molar-refractivity contribution is 8.00. The summed E-state index contributed by atoms with van der Waals surface area (Å²) in [4.78, 5) is 12.1. The fourth-order valence-corrected chi connectivity index (χ4v) is 4.00. The molecule has 4 nitrogen and oxygen atoms in total. The van der Waals surface area contributed by atoms with E-state index < -0.39 is 0 Å². The number of nitrogens with one attached hydrogen (secondary N) is 1. The van der Waals surface area contributed by atoms with Gasteiger partial charge in [-0.1, -0.05) is 64.5 Å². The van der Waals surface area contributed by atoms with Crippen LogP contribution < -0.4 is 5.32 Å². The fraction of sp³-hybridized carbons (Fsp3) is 0.167. The molecule has 0 atom stereocenters. The number of rotatable bonds is 7. The highest BCUT2D eigenvalue weighted by Gasteiger charge is 2.09. The molecule has 1 aromatic heterocycles. The zero-order valence-electron chi connectivity index (χ0n) is 13.5. The summed E-state index contributed by atoms with van der Waals surface area (Å²) in [6, 6.07) is 15.3. The number of anilines is 1. The van der Waals surface area contributed by atoms with Crippen LogP contribution in [0.4, 0.5) is 5.13 Å². The summed E-state index contributed by atoms with van der Waals surface area (Å²) >= 11 is 8.92. The van der Waals surface area contributed by atoms with Gasteiger partial charge >= 0.3 is 0 Å². The van der Waals surface area contributed by atoms with Crippen molar-refractivity contribution < 1.29 is 4.79 Å². The second kappa shape index (κ2) is 8.47. The van der Waals surface area contributed by atoms with Gasteiger partial charge in [-0.3, -0.25) is 4.79 Å². The predicted octanol–water partition coefficient (Wildman–Crippen LogP) is 5.09. The largest absolute Gasteiger partial charge is 0.353 e. The first-order valence-corrected chi connectivity index (χ1v) is 9.82. The van der Waals surface area contributed by atoms with Crippen molar-refractivity contribution in [1.82, 2.24) is 10.2 Å². The maximum Gasteiger partial charge on any atom is 0.206 e. The van der Waals surface area contributed by atoms with E-state index in [-0.39, 0.29) is 12.3 Å². The van der Waals surface area contributed by atoms with Gasteiger partial charge in [0.25, 0.3) is 0 Å². The average molecular weight is 390 g/mol. The first kappa shape index (κ1) is 17.9. The van der Waals surface area contributed by atoms with Crippen molar-refractivity contribution in [1.29, 1.82) is 0 Å². The maximum atomic E-state index is 12.1. The molecule has 7 heteroatoms. The van der Waals surface area contributed by atoms with Gasteiger partial charge in [-0.25, -0.2) is 0 Å². The third-order valence-corrected chi connectivity index (χ3v) is 5.76. The van der Waals surface area contributed by atoms with Crippen LogP contribution in [0.15, 0.2) is 52.9 Å². The number of nitrogens with zero attached hydrogens (tertiary/aromatic N) is 2. The third-order valence-electron chi connectivity index (χ3n) is 3.42. The Morgan fingerprint density at radius 1 is 1.20 bits per heavy atom. The van der Waals surface area contributed by atoms with E-state index in [0.29, 0.717) is 15.7 Å². The summed E-state index contributed by atoms with van der Waals surface area (Å²) in [5, 5.41) is 12.5. The number of carbonyl (C=O) groups is 1. The van der Waals surface area contributed by atoms with Crippen LogP contribution in [0, 0.1) is 6.92 Å².